The van der Waals surface area contributed by atoms with Crippen LogP contribution in [0.1, 0.15) is 72.5 Å². The van der Waals surface area contributed by atoms with Gasteiger partial charge in [0.1, 0.15) is 5.69 Å². The van der Waals surface area contributed by atoms with E-state index in [2.05, 4.69) is 10.4 Å². The molecule has 4 rings (SSSR count). The Morgan fingerprint density at radius 2 is 2.03 bits per heavy atom. The van der Waals surface area contributed by atoms with Crippen LogP contribution in [0.2, 0.25) is 0 Å². The zero-order chi connectivity index (χ0) is 25.5. The van der Waals surface area contributed by atoms with Gasteiger partial charge in [0.25, 0.3) is 11.8 Å². The summed E-state index contributed by atoms with van der Waals surface area (Å²) in [5.41, 5.74) is 1.75. The van der Waals surface area contributed by atoms with Crippen molar-refractivity contribution in [2.45, 2.75) is 71.2 Å². The van der Waals surface area contributed by atoms with Gasteiger partial charge in [-0.15, -0.1) is 0 Å². The second-order valence-corrected chi connectivity index (χ2v) is 9.65. The lowest BCUT2D eigenvalue weighted by atomic mass is 10.1. The quantitative estimate of drug-likeness (QED) is 0.547. The Labute approximate surface area is 212 Å². The topological polar surface area (TPSA) is 96.8 Å². The molecule has 2 aliphatic rings. The number of carbonyl (C=O) groups is 3. The van der Waals surface area contributed by atoms with Crippen LogP contribution in [-0.4, -0.2) is 75.7 Å². The van der Waals surface area contributed by atoms with Crippen LogP contribution in [0.25, 0.3) is 0 Å². The van der Waals surface area contributed by atoms with Gasteiger partial charge < -0.3 is 19.9 Å². The zero-order valence-corrected chi connectivity index (χ0v) is 21.3. The van der Waals surface area contributed by atoms with E-state index in [9.17, 15) is 14.4 Å². The predicted molar refractivity (Wildman–Crippen MR) is 135 cm³/mol. The first-order valence-electron chi connectivity index (χ1n) is 13.1. The van der Waals surface area contributed by atoms with Crippen LogP contribution in [0.4, 0.5) is 0 Å². The van der Waals surface area contributed by atoms with Crippen LogP contribution >= 0.6 is 0 Å². The molecule has 1 fully saturated rings. The number of carbonyl (C=O) groups excluding carboxylic acids is 3. The smallest absolute Gasteiger partial charge is 0.274 e. The molecule has 0 spiro atoms. The van der Waals surface area contributed by atoms with Gasteiger partial charge in [-0.3, -0.25) is 19.1 Å². The Hall–Kier alpha value is -3.20. The molecular weight excluding hydrogens is 458 g/mol. The average Bonchev–Trinajstić information content (AvgIpc) is 3.54. The van der Waals surface area contributed by atoms with Crippen LogP contribution in [0.15, 0.2) is 36.4 Å². The van der Waals surface area contributed by atoms with Crippen molar-refractivity contribution in [3.8, 4) is 0 Å². The first-order chi connectivity index (χ1) is 17.5. The van der Waals surface area contributed by atoms with E-state index in [4.69, 9.17) is 4.74 Å². The maximum atomic E-state index is 13.5. The molecular formula is C27H37N5O4. The minimum Gasteiger partial charge on any atom is -0.376 e. The van der Waals surface area contributed by atoms with Crippen LogP contribution in [-0.2, 0) is 22.6 Å². The van der Waals surface area contributed by atoms with Gasteiger partial charge in [0, 0.05) is 57.9 Å². The maximum absolute atomic E-state index is 13.5. The Morgan fingerprint density at radius 3 is 2.75 bits per heavy atom. The van der Waals surface area contributed by atoms with Crippen LogP contribution < -0.4 is 5.32 Å². The highest BCUT2D eigenvalue weighted by atomic mass is 16.5. The number of ether oxygens (including phenoxy) is 1. The largest absolute Gasteiger partial charge is 0.376 e. The zero-order valence-electron chi connectivity index (χ0n) is 21.3. The molecule has 3 heterocycles. The number of aromatic nitrogens is 2. The summed E-state index contributed by atoms with van der Waals surface area (Å²) >= 11 is 0. The van der Waals surface area contributed by atoms with Gasteiger partial charge >= 0.3 is 0 Å². The van der Waals surface area contributed by atoms with Crippen molar-refractivity contribution in [1.29, 1.82) is 0 Å². The SMILES string of the molecule is CC[C@H](C)N(CCC(=O)NC[C@@H]1CCCO1)C(=O)c1cc2n(n1)CCCN(Cc1ccccc1)C2=O. The van der Waals surface area contributed by atoms with Crippen LogP contribution in [0.3, 0.4) is 0 Å². The van der Waals surface area contributed by atoms with E-state index in [1.807, 2.05) is 49.1 Å². The Bertz CT molecular complexity index is 1050. The molecule has 0 radical (unpaired) electrons. The number of fused-ring (bicyclic) bond motifs is 1. The van der Waals surface area contributed by atoms with Crippen molar-refractivity contribution in [2.24, 2.45) is 0 Å². The highest BCUT2D eigenvalue weighted by molar-refractivity contribution is 5.98. The molecule has 9 heteroatoms. The Morgan fingerprint density at radius 1 is 1.22 bits per heavy atom. The lowest BCUT2D eigenvalue weighted by Crippen LogP contribution is -2.41. The third kappa shape index (κ3) is 6.32. The average molecular weight is 496 g/mol. The summed E-state index contributed by atoms with van der Waals surface area (Å²) in [6, 6.07) is 11.4. The molecule has 1 aromatic heterocycles. The third-order valence-corrected chi connectivity index (χ3v) is 7.03. The van der Waals surface area contributed by atoms with E-state index < -0.39 is 0 Å². The number of aryl methyl sites for hydroxylation is 1. The lowest BCUT2D eigenvalue weighted by molar-refractivity contribution is -0.121. The molecule has 0 saturated carbocycles. The summed E-state index contributed by atoms with van der Waals surface area (Å²) < 4.78 is 7.21. The fraction of sp³-hybridized carbons (Fsp3) is 0.556. The molecule has 1 saturated heterocycles. The molecule has 36 heavy (non-hydrogen) atoms. The summed E-state index contributed by atoms with van der Waals surface area (Å²) in [5.74, 6) is -0.468. The van der Waals surface area contributed by atoms with Crippen LogP contribution in [0, 0.1) is 0 Å². The second kappa shape index (κ2) is 12.2. The van der Waals surface area contributed by atoms with Crippen molar-refractivity contribution < 1.29 is 19.1 Å². The molecule has 2 atom stereocenters. The van der Waals surface area contributed by atoms with Gasteiger partial charge in [-0.25, -0.2) is 0 Å². The minimum atomic E-state index is -0.251. The number of amides is 3. The summed E-state index contributed by atoms with van der Waals surface area (Å²) in [7, 11) is 0. The Balaban J connectivity index is 1.42. The molecule has 3 amide bonds. The highest BCUT2D eigenvalue weighted by Crippen LogP contribution is 2.19. The third-order valence-electron chi connectivity index (χ3n) is 7.03. The molecule has 9 nitrogen and oxygen atoms in total. The fourth-order valence-electron chi connectivity index (χ4n) is 4.73. The molecule has 1 aromatic carbocycles. The standard InChI is InChI=1S/C27H37N5O4/c1-3-20(2)31(15-12-25(33)28-18-22-11-7-16-36-22)26(34)23-17-24-27(35)30(13-8-14-32(24)29-23)19-21-9-5-4-6-10-21/h4-6,9-10,17,20,22H,3,7-8,11-16,18-19H2,1-2H3,(H,28,33)/t20-,22-/m0/s1. The van der Waals surface area contributed by atoms with Crippen molar-refractivity contribution in [3.05, 3.63) is 53.3 Å². The van der Waals surface area contributed by atoms with Crippen LogP contribution in [0.5, 0.6) is 0 Å². The number of hydrogen-bond donors (Lipinski definition) is 1. The molecule has 0 unspecified atom stereocenters. The van der Waals surface area contributed by atoms with Crippen molar-refractivity contribution in [3.63, 3.8) is 0 Å². The number of nitrogens with one attached hydrogen (secondary N) is 1. The van der Waals surface area contributed by atoms with Crippen molar-refractivity contribution in [2.75, 3.05) is 26.2 Å². The molecule has 0 bridgehead atoms. The van der Waals surface area contributed by atoms with Gasteiger partial charge in [-0.1, -0.05) is 37.3 Å². The van der Waals surface area contributed by atoms with Gasteiger partial charge in [0.15, 0.2) is 5.69 Å². The van der Waals surface area contributed by atoms with E-state index in [1.54, 1.807) is 15.6 Å². The van der Waals surface area contributed by atoms with Crippen molar-refractivity contribution in [1.82, 2.24) is 24.9 Å². The lowest BCUT2D eigenvalue weighted by Gasteiger charge is -2.28. The number of rotatable bonds is 10. The minimum absolute atomic E-state index is 0.0600. The highest BCUT2D eigenvalue weighted by Gasteiger charge is 2.29. The normalized spacial score (nSPS) is 18.4. The first kappa shape index (κ1) is 25.9. The summed E-state index contributed by atoms with van der Waals surface area (Å²) in [4.78, 5) is 42.7. The number of benzene rings is 1. The molecule has 0 aliphatic carbocycles. The summed E-state index contributed by atoms with van der Waals surface area (Å²) in [6.07, 6.45) is 3.80. The monoisotopic (exact) mass is 495 g/mol. The van der Waals surface area contributed by atoms with Gasteiger partial charge in [0.05, 0.1) is 6.10 Å². The molecule has 194 valence electrons. The molecule has 1 N–H and O–H groups in total. The van der Waals surface area contributed by atoms with Gasteiger partial charge in [-0.05, 0) is 38.2 Å². The van der Waals surface area contributed by atoms with Crippen molar-refractivity contribution >= 4 is 17.7 Å². The number of hydrogen-bond acceptors (Lipinski definition) is 5. The predicted octanol–water partition coefficient (Wildman–Crippen LogP) is 2.86. The summed E-state index contributed by atoms with van der Waals surface area (Å²) in [6.45, 7) is 7.26. The molecule has 2 aliphatic heterocycles. The number of nitrogens with zero attached hydrogens (tertiary/aromatic N) is 4. The van der Waals surface area contributed by atoms with Gasteiger partial charge in [0.2, 0.25) is 5.91 Å². The maximum Gasteiger partial charge on any atom is 0.274 e. The second-order valence-electron chi connectivity index (χ2n) is 9.65. The van der Waals surface area contributed by atoms with E-state index >= 15 is 0 Å². The summed E-state index contributed by atoms with van der Waals surface area (Å²) in [5, 5.41) is 7.44. The Kier molecular flexibility index (Phi) is 8.74. The van der Waals surface area contributed by atoms with Gasteiger partial charge in [-0.2, -0.15) is 5.10 Å². The molecule has 2 aromatic rings. The van der Waals surface area contributed by atoms with E-state index in [0.717, 1.165) is 37.9 Å². The van der Waals surface area contributed by atoms with E-state index in [-0.39, 0.29) is 42.0 Å². The fourth-order valence-corrected chi connectivity index (χ4v) is 4.73. The van der Waals surface area contributed by atoms with E-state index in [0.29, 0.717) is 38.4 Å². The first-order valence-corrected chi connectivity index (χ1v) is 13.1. The van der Waals surface area contributed by atoms with E-state index in [1.165, 1.54) is 0 Å².